The smallest absolute Gasteiger partial charge is 0.0816 e. The number of aromatic amines is 1. The molecule has 2 unspecified atom stereocenters. The molecule has 4 rings (SSSR count). The van der Waals surface area contributed by atoms with Gasteiger partial charge in [-0.3, -0.25) is 0 Å². The number of fused-ring (bicyclic) bond motifs is 3. The topological polar surface area (TPSA) is 28.3 Å². The molecule has 2 aliphatic rings. The molecule has 0 radical (unpaired) electrons. The van der Waals surface area contributed by atoms with Crippen molar-refractivity contribution in [3.63, 3.8) is 0 Å². The Labute approximate surface area is 101 Å². The second-order valence-corrected chi connectivity index (χ2v) is 5.34. The van der Waals surface area contributed by atoms with E-state index in [0.717, 1.165) is 6.61 Å². The highest BCUT2D eigenvalue weighted by Crippen LogP contribution is 2.39. The monoisotopic (exact) mass is 227 g/mol. The molecule has 0 spiro atoms. The lowest BCUT2D eigenvalue weighted by Crippen LogP contribution is -2.11. The fourth-order valence-corrected chi connectivity index (χ4v) is 3.27. The molecule has 1 aliphatic carbocycles. The van der Waals surface area contributed by atoms with Crippen LogP contribution in [0.2, 0.25) is 0 Å². The molecule has 1 N–H and O–H groups in total. The molecule has 88 valence electrons. The zero-order chi connectivity index (χ0) is 11.2. The highest BCUT2D eigenvalue weighted by molar-refractivity contribution is 5.85. The van der Waals surface area contributed by atoms with Gasteiger partial charge in [0.2, 0.25) is 0 Å². The summed E-state index contributed by atoms with van der Waals surface area (Å²) in [5.74, 6) is 0.693. The van der Waals surface area contributed by atoms with E-state index in [1.807, 2.05) is 0 Å². The molecule has 2 heteroatoms. The average Bonchev–Trinajstić information content (AvgIpc) is 3.08. The van der Waals surface area contributed by atoms with Crippen LogP contribution < -0.4 is 0 Å². The van der Waals surface area contributed by atoms with E-state index in [0.29, 0.717) is 12.0 Å². The Balaban J connectivity index is 1.80. The summed E-state index contributed by atoms with van der Waals surface area (Å²) in [5.41, 5.74) is 4.37. The highest BCUT2D eigenvalue weighted by Gasteiger charge is 2.31. The lowest BCUT2D eigenvalue weighted by atomic mass is 9.84. The van der Waals surface area contributed by atoms with E-state index in [1.165, 1.54) is 42.3 Å². The molecule has 1 aromatic carbocycles. The molecule has 2 aromatic rings. The Morgan fingerprint density at radius 1 is 1.29 bits per heavy atom. The second kappa shape index (κ2) is 3.61. The molecule has 2 atom stereocenters. The molecule has 0 saturated carbocycles. The number of H-pyrrole nitrogens is 1. The predicted molar refractivity (Wildman–Crippen MR) is 68.3 cm³/mol. The molecule has 1 aromatic heterocycles. The van der Waals surface area contributed by atoms with Gasteiger partial charge in [0.15, 0.2) is 0 Å². The van der Waals surface area contributed by atoms with Crippen LogP contribution in [0, 0.1) is 0 Å². The van der Waals surface area contributed by atoms with Gasteiger partial charge in [0.25, 0.3) is 0 Å². The normalized spacial score (nSPS) is 27.1. The number of epoxide rings is 1. The molecule has 1 saturated heterocycles. The van der Waals surface area contributed by atoms with Crippen LogP contribution in [0.1, 0.15) is 36.4 Å². The summed E-state index contributed by atoms with van der Waals surface area (Å²) >= 11 is 0. The number of aromatic nitrogens is 1. The second-order valence-electron chi connectivity index (χ2n) is 5.34. The van der Waals surface area contributed by atoms with E-state index < -0.39 is 0 Å². The van der Waals surface area contributed by atoms with Crippen LogP contribution in [0.5, 0.6) is 0 Å². The molecule has 2 nitrogen and oxygen atoms in total. The minimum absolute atomic E-state index is 0.539. The number of ether oxygens (including phenoxy) is 1. The maximum absolute atomic E-state index is 5.39. The number of rotatable bonds is 2. The molecule has 2 heterocycles. The largest absolute Gasteiger partial charge is 0.373 e. The van der Waals surface area contributed by atoms with Crippen LogP contribution in [0.15, 0.2) is 24.3 Å². The fraction of sp³-hybridized carbons (Fsp3) is 0.467. The standard InChI is InChI=1S/C15H17NO/c1-2-7-14-12(5-1)13-6-3-4-10(15(13)16-14)8-11-9-17-11/h1-2,5,7,10-11,16H,3-4,6,8-9H2. The quantitative estimate of drug-likeness (QED) is 0.783. The number of hydrogen-bond donors (Lipinski definition) is 1. The van der Waals surface area contributed by atoms with Crippen LogP contribution in [0.25, 0.3) is 10.9 Å². The minimum Gasteiger partial charge on any atom is -0.373 e. The summed E-state index contributed by atoms with van der Waals surface area (Å²) in [4.78, 5) is 3.64. The summed E-state index contributed by atoms with van der Waals surface area (Å²) in [7, 11) is 0. The Kier molecular flexibility index (Phi) is 2.06. The number of hydrogen-bond acceptors (Lipinski definition) is 1. The molecular formula is C15H17NO. The van der Waals surface area contributed by atoms with Crippen LogP contribution in [-0.2, 0) is 11.2 Å². The molecule has 17 heavy (non-hydrogen) atoms. The SMILES string of the molecule is c1ccc2c3c([nH]c2c1)C(CC1CO1)CCC3. The first-order chi connectivity index (χ1) is 8.42. The third kappa shape index (κ3) is 1.59. The molecule has 0 bridgehead atoms. The van der Waals surface area contributed by atoms with E-state index in [-0.39, 0.29) is 0 Å². The van der Waals surface area contributed by atoms with Gasteiger partial charge in [-0.05, 0) is 37.3 Å². The number of nitrogens with one attached hydrogen (secondary N) is 1. The highest BCUT2D eigenvalue weighted by atomic mass is 16.6. The van der Waals surface area contributed by atoms with Crippen molar-refractivity contribution in [2.75, 3.05) is 6.61 Å². The van der Waals surface area contributed by atoms with E-state index in [2.05, 4.69) is 29.2 Å². The summed E-state index contributed by atoms with van der Waals surface area (Å²) < 4.78 is 5.39. The van der Waals surface area contributed by atoms with Crippen LogP contribution in [-0.4, -0.2) is 17.7 Å². The van der Waals surface area contributed by atoms with E-state index in [9.17, 15) is 0 Å². The zero-order valence-electron chi connectivity index (χ0n) is 9.91. The Morgan fingerprint density at radius 3 is 3.06 bits per heavy atom. The van der Waals surface area contributed by atoms with Crippen molar-refractivity contribution in [1.29, 1.82) is 0 Å². The van der Waals surface area contributed by atoms with Crippen LogP contribution in [0.3, 0.4) is 0 Å². The zero-order valence-corrected chi connectivity index (χ0v) is 9.91. The first-order valence-corrected chi connectivity index (χ1v) is 6.63. The Hall–Kier alpha value is -1.28. The van der Waals surface area contributed by atoms with Gasteiger partial charge in [-0.25, -0.2) is 0 Å². The first-order valence-electron chi connectivity index (χ1n) is 6.63. The minimum atomic E-state index is 0.539. The van der Waals surface area contributed by atoms with Gasteiger partial charge < -0.3 is 9.72 Å². The van der Waals surface area contributed by atoms with Crippen molar-refractivity contribution >= 4 is 10.9 Å². The van der Waals surface area contributed by atoms with Crippen molar-refractivity contribution in [3.05, 3.63) is 35.5 Å². The molecular weight excluding hydrogens is 210 g/mol. The maximum Gasteiger partial charge on any atom is 0.0816 e. The Morgan fingerprint density at radius 2 is 2.18 bits per heavy atom. The Bertz CT molecular complexity index is 553. The average molecular weight is 227 g/mol. The van der Waals surface area contributed by atoms with Crippen molar-refractivity contribution < 1.29 is 4.74 Å². The van der Waals surface area contributed by atoms with Gasteiger partial charge in [-0.15, -0.1) is 0 Å². The molecule has 1 fully saturated rings. The van der Waals surface area contributed by atoms with E-state index in [1.54, 1.807) is 5.56 Å². The third-order valence-corrected chi connectivity index (χ3v) is 4.18. The van der Waals surface area contributed by atoms with Crippen molar-refractivity contribution in [3.8, 4) is 0 Å². The fourth-order valence-electron chi connectivity index (χ4n) is 3.27. The van der Waals surface area contributed by atoms with Gasteiger partial charge in [-0.1, -0.05) is 18.2 Å². The molecule has 1 aliphatic heterocycles. The van der Waals surface area contributed by atoms with Gasteiger partial charge in [0, 0.05) is 22.5 Å². The van der Waals surface area contributed by atoms with Crippen LogP contribution >= 0.6 is 0 Å². The third-order valence-electron chi connectivity index (χ3n) is 4.18. The lowest BCUT2D eigenvalue weighted by Gasteiger charge is -2.21. The van der Waals surface area contributed by atoms with Crippen molar-refractivity contribution in [1.82, 2.24) is 4.98 Å². The molecule has 0 amide bonds. The first kappa shape index (κ1) is 9.72. The summed E-state index contributed by atoms with van der Waals surface area (Å²) in [6.07, 6.45) is 5.63. The van der Waals surface area contributed by atoms with Gasteiger partial charge in [-0.2, -0.15) is 0 Å². The van der Waals surface area contributed by atoms with E-state index >= 15 is 0 Å². The van der Waals surface area contributed by atoms with Crippen molar-refractivity contribution in [2.24, 2.45) is 0 Å². The maximum atomic E-state index is 5.39. The summed E-state index contributed by atoms with van der Waals surface area (Å²) in [6.45, 7) is 0.978. The summed E-state index contributed by atoms with van der Waals surface area (Å²) in [6, 6.07) is 8.70. The van der Waals surface area contributed by atoms with Crippen LogP contribution in [0.4, 0.5) is 0 Å². The van der Waals surface area contributed by atoms with Gasteiger partial charge in [0.1, 0.15) is 0 Å². The summed E-state index contributed by atoms with van der Waals surface area (Å²) in [5, 5.41) is 1.43. The number of para-hydroxylation sites is 1. The van der Waals surface area contributed by atoms with E-state index in [4.69, 9.17) is 4.74 Å². The number of aryl methyl sites for hydroxylation is 1. The lowest BCUT2D eigenvalue weighted by molar-refractivity contribution is 0.367. The number of benzene rings is 1. The predicted octanol–water partition coefficient (Wildman–Crippen LogP) is 3.38. The van der Waals surface area contributed by atoms with Gasteiger partial charge >= 0.3 is 0 Å². The van der Waals surface area contributed by atoms with Gasteiger partial charge in [0.05, 0.1) is 12.7 Å². The van der Waals surface area contributed by atoms with Crippen molar-refractivity contribution in [2.45, 2.75) is 37.7 Å².